The number of H-pyrrole nitrogens is 1. The van der Waals surface area contributed by atoms with Crippen LogP contribution in [0.1, 0.15) is 23.2 Å². The summed E-state index contributed by atoms with van der Waals surface area (Å²) in [7, 11) is 1.70. The minimum absolute atomic E-state index is 0.812. The van der Waals surface area contributed by atoms with Crippen molar-refractivity contribution in [2.24, 2.45) is 0 Å². The molecule has 0 aliphatic carbocycles. The zero-order valence-corrected chi connectivity index (χ0v) is 13.5. The highest BCUT2D eigenvalue weighted by molar-refractivity contribution is 9.10. The summed E-state index contributed by atoms with van der Waals surface area (Å²) in [4.78, 5) is 0. The number of aromatic amines is 1. The number of hydrogen-bond donors (Lipinski definition) is 2. The van der Waals surface area contributed by atoms with Crippen molar-refractivity contribution in [2.75, 3.05) is 13.7 Å². The molecule has 5 heteroatoms. The summed E-state index contributed by atoms with van der Waals surface area (Å²) >= 11 is 3.49. The van der Waals surface area contributed by atoms with Crippen LogP contribution in [0.15, 0.2) is 28.9 Å². The fourth-order valence-corrected chi connectivity index (χ4v) is 2.55. The Hall–Kier alpha value is -1.33. The number of rotatable bonds is 7. The summed E-state index contributed by atoms with van der Waals surface area (Å²) in [6.07, 6.45) is 4.05. The minimum atomic E-state index is 0.812. The van der Waals surface area contributed by atoms with E-state index in [0.29, 0.717) is 0 Å². The van der Waals surface area contributed by atoms with E-state index in [1.165, 1.54) is 16.8 Å². The lowest BCUT2D eigenvalue weighted by atomic mass is 10.1. The van der Waals surface area contributed by atoms with Gasteiger partial charge < -0.3 is 10.1 Å². The summed E-state index contributed by atoms with van der Waals surface area (Å²) in [5, 5.41) is 10.5. The molecule has 2 rings (SSSR count). The maximum absolute atomic E-state index is 5.36. The van der Waals surface area contributed by atoms with Gasteiger partial charge >= 0.3 is 0 Å². The third kappa shape index (κ3) is 4.08. The van der Waals surface area contributed by atoms with Crippen LogP contribution in [0.4, 0.5) is 0 Å². The summed E-state index contributed by atoms with van der Waals surface area (Å²) in [6.45, 7) is 3.84. The molecule has 4 nitrogen and oxygen atoms in total. The molecule has 0 saturated heterocycles. The third-order valence-corrected chi connectivity index (χ3v) is 3.79. The Balaban J connectivity index is 1.76. The molecule has 0 amide bonds. The van der Waals surface area contributed by atoms with Gasteiger partial charge in [0.2, 0.25) is 0 Å². The monoisotopic (exact) mass is 337 g/mol. The van der Waals surface area contributed by atoms with Crippen LogP contribution in [0.5, 0.6) is 5.75 Å². The highest BCUT2D eigenvalue weighted by atomic mass is 79.9. The van der Waals surface area contributed by atoms with Crippen LogP contribution in [0, 0.1) is 6.92 Å². The molecule has 0 aliphatic heterocycles. The number of benzene rings is 1. The smallest absolute Gasteiger partial charge is 0.123 e. The van der Waals surface area contributed by atoms with Gasteiger partial charge in [-0.1, -0.05) is 15.9 Å². The van der Waals surface area contributed by atoms with E-state index in [1.807, 2.05) is 18.3 Å². The fourth-order valence-electron chi connectivity index (χ4n) is 2.14. The Kier molecular flexibility index (Phi) is 5.61. The number of methoxy groups -OCH3 is 1. The van der Waals surface area contributed by atoms with Crippen molar-refractivity contribution in [1.82, 2.24) is 15.5 Å². The van der Waals surface area contributed by atoms with Crippen LogP contribution in [0.3, 0.4) is 0 Å². The number of nitrogens with zero attached hydrogens (tertiary/aromatic N) is 1. The molecular weight excluding hydrogens is 318 g/mol. The van der Waals surface area contributed by atoms with Crippen LogP contribution in [0.25, 0.3) is 0 Å². The maximum atomic E-state index is 5.36. The largest absolute Gasteiger partial charge is 0.496 e. The highest BCUT2D eigenvalue weighted by Crippen LogP contribution is 2.22. The minimum Gasteiger partial charge on any atom is -0.496 e. The maximum Gasteiger partial charge on any atom is 0.123 e. The van der Waals surface area contributed by atoms with Crippen molar-refractivity contribution in [2.45, 2.75) is 26.3 Å². The molecule has 1 aromatic carbocycles. The molecule has 0 radical (unpaired) electrons. The zero-order chi connectivity index (χ0) is 14.4. The normalized spacial score (nSPS) is 10.8. The number of aromatic nitrogens is 2. The van der Waals surface area contributed by atoms with Gasteiger partial charge in [0, 0.05) is 22.3 Å². The third-order valence-electron chi connectivity index (χ3n) is 3.29. The van der Waals surface area contributed by atoms with Gasteiger partial charge in [0.15, 0.2) is 0 Å². The van der Waals surface area contributed by atoms with Gasteiger partial charge in [0.25, 0.3) is 0 Å². The van der Waals surface area contributed by atoms with E-state index in [1.54, 1.807) is 7.11 Å². The Morgan fingerprint density at radius 3 is 2.90 bits per heavy atom. The Labute approximate surface area is 128 Å². The second-order valence-electron chi connectivity index (χ2n) is 4.76. The first-order valence-electron chi connectivity index (χ1n) is 6.72. The second kappa shape index (κ2) is 7.45. The molecule has 2 aromatic rings. The van der Waals surface area contributed by atoms with Gasteiger partial charge in [0.1, 0.15) is 5.75 Å². The van der Waals surface area contributed by atoms with Crippen LogP contribution >= 0.6 is 15.9 Å². The molecule has 0 unspecified atom stereocenters. The van der Waals surface area contributed by atoms with Gasteiger partial charge in [-0.25, -0.2) is 0 Å². The van der Waals surface area contributed by atoms with Crippen LogP contribution in [0.2, 0.25) is 0 Å². The molecule has 1 heterocycles. The highest BCUT2D eigenvalue weighted by Gasteiger charge is 2.04. The summed E-state index contributed by atoms with van der Waals surface area (Å²) in [5.74, 6) is 0.923. The molecule has 0 fully saturated rings. The van der Waals surface area contributed by atoms with Gasteiger partial charge in [-0.05, 0) is 50.1 Å². The van der Waals surface area contributed by atoms with Crippen LogP contribution in [-0.2, 0) is 13.0 Å². The van der Waals surface area contributed by atoms with Gasteiger partial charge in [0.05, 0.1) is 13.3 Å². The standard InChI is InChI=1S/C15H20BrN3O/c1-11-12(10-18-19-11)4-3-7-17-9-13-8-14(16)5-6-15(13)20-2/h5-6,8,10,17H,3-4,7,9H2,1-2H3,(H,18,19). The first-order valence-corrected chi connectivity index (χ1v) is 7.52. The predicted molar refractivity (Wildman–Crippen MR) is 84.0 cm³/mol. The number of ether oxygens (including phenoxy) is 1. The molecule has 0 spiro atoms. The van der Waals surface area contributed by atoms with E-state index in [-0.39, 0.29) is 0 Å². The molecule has 1 aromatic heterocycles. The van der Waals surface area contributed by atoms with E-state index in [9.17, 15) is 0 Å². The number of halogens is 1. The summed E-state index contributed by atoms with van der Waals surface area (Å²) in [6, 6.07) is 6.06. The van der Waals surface area contributed by atoms with E-state index in [0.717, 1.165) is 36.2 Å². The first kappa shape index (κ1) is 15.1. The van der Waals surface area contributed by atoms with E-state index in [4.69, 9.17) is 4.74 Å². The molecule has 0 aliphatic rings. The fraction of sp³-hybridized carbons (Fsp3) is 0.400. The van der Waals surface area contributed by atoms with Gasteiger partial charge in [-0.3, -0.25) is 5.10 Å². The average molecular weight is 338 g/mol. The zero-order valence-electron chi connectivity index (χ0n) is 11.9. The average Bonchev–Trinajstić information content (AvgIpc) is 2.84. The predicted octanol–water partition coefficient (Wildman–Crippen LogP) is 3.21. The number of aryl methyl sites for hydroxylation is 2. The van der Waals surface area contributed by atoms with E-state index < -0.39 is 0 Å². The van der Waals surface area contributed by atoms with E-state index >= 15 is 0 Å². The van der Waals surface area contributed by atoms with E-state index in [2.05, 4.69) is 44.4 Å². The number of hydrogen-bond acceptors (Lipinski definition) is 3. The Morgan fingerprint density at radius 1 is 1.35 bits per heavy atom. The van der Waals surface area contributed by atoms with Crippen molar-refractivity contribution in [3.05, 3.63) is 45.7 Å². The van der Waals surface area contributed by atoms with Crippen LogP contribution < -0.4 is 10.1 Å². The second-order valence-corrected chi connectivity index (χ2v) is 5.67. The summed E-state index contributed by atoms with van der Waals surface area (Å²) < 4.78 is 6.43. The van der Waals surface area contributed by atoms with Crippen molar-refractivity contribution in [3.8, 4) is 5.75 Å². The summed E-state index contributed by atoms with van der Waals surface area (Å²) in [5.41, 5.74) is 3.63. The number of nitrogens with one attached hydrogen (secondary N) is 2. The molecule has 0 atom stereocenters. The molecular formula is C15H20BrN3O. The molecule has 20 heavy (non-hydrogen) atoms. The molecule has 0 bridgehead atoms. The lowest BCUT2D eigenvalue weighted by molar-refractivity contribution is 0.407. The Bertz CT molecular complexity index is 554. The van der Waals surface area contributed by atoms with Gasteiger partial charge in [-0.15, -0.1) is 0 Å². The lowest BCUT2D eigenvalue weighted by Gasteiger charge is -2.10. The molecule has 0 saturated carbocycles. The van der Waals surface area contributed by atoms with Gasteiger partial charge in [-0.2, -0.15) is 5.10 Å². The van der Waals surface area contributed by atoms with Crippen molar-refractivity contribution in [3.63, 3.8) is 0 Å². The topological polar surface area (TPSA) is 49.9 Å². The molecule has 108 valence electrons. The first-order chi connectivity index (χ1) is 9.70. The molecule has 2 N–H and O–H groups in total. The quantitative estimate of drug-likeness (QED) is 0.762. The Morgan fingerprint density at radius 2 is 2.20 bits per heavy atom. The van der Waals surface area contributed by atoms with Crippen LogP contribution in [-0.4, -0.2) is 23.9 Å². The van der Waals surface area contributed by atoms with Crippen molar-refractivity contribution in [1.29, 1.82) is 0 Å². The van der Waals surface area contributed by atoms with Crippen molar-refractivity contribution < 1.29 is 4.74 Å². The van der Waals surface area contributed by atoms with Crippen molar-refractivity contribution >= 4 is 15.9 Å². The SMILES string of the molecule is COc1ccc(Br)cc1CNCCCc1cn[nH]c1C. The lowest BCUT2D eigenvalue weighted by Crippen LogP contribution is -2.16.